The van der Waals surface area contributed by atoms with Crippen LogP contribution in [-0.4, -0.2) is 73.1 Å². The Bertz CT molecular complexity index is 271. The Hall–Kier alpha value is -1.14. The van der Waals surface area contributed by atoms with Crippen LogP contribution in [0.5, 0.6) is 0 Å². The topological polar surface area (TPSA) is 72.9 Å². The second kappa shape index (κ2) is 7.24. The molecule has 0 radical (unpaired) electrons. The van der Waals surface area contributed by atoms with Gasteiger partial charge in [-0.3, -0.25) is 14.5 Å². The molecule has 1 aliphatic rings. The van der Waals surface area contributed by atoms with E-state index in [9.17, 15) is 9.59 Å². The summed E-state index contributed by atoms with van der Waals surface area (Å²) in [5, 5.41) is 11.3. The number of aliphatic carboxylic acids is 1. The first-order chi connectivity index (χ1) is 8.11. The van der Waals surface area contributed by atoms with Gasteiger partial charge in [-0.1, -0.05) is 0 Å². The number of amides is 1. The molecule has 1 heterocycles. The Morgan fingerprint density at radius 3 is 2.47 bits per heavy atom. The van der Waals surface area contributed by atoms with E-state index in [1.165, 1.54) is 0 Å². The highest BCUT2D eigenvalue weighted by Crippen LogP contribution is 2.03. The van der Waals surface area contributed by atoms with Gasteiger partial charge in [-0.05, 0) is 13.0 Å². The number of hydrogen-bond donors (Lipinski definition) is 2. The lowest BCUT2D eigenvalue weighted by atomic mass is 10.3. The minimum absolute atomic E-state index is 0.0524. The van der Waals surface area contributed by atoms with Gasteiger partial charge in [0.1, 0.15) is 0 Å². The fraction of sp³-hybridized carbons (Fsp3) is 0.818. The maximum Gasteiger partial charge on any atom is 0.317 e. The lowest BCUT2D eigenvalue weighted by molar-refractivity contribution is -0.138. The fourth-order valence-electron chi connectivity index (χ4n) is 1.98. The van der Waals surface area contributed by atoms with E-state index in [4.69, 9.17) is 5.11 Å². The van der Waals surface area contributed by atoms with Crippen LogP contribution >= 0.6 is 0 Å². The highest BCUT2D eigenvalue weighted by Gasteiger charge is 2.16. The molecule has 1 saturated heterocycles. The van der Waals surface area contributed by atoms with E-state index in [1.54, 1.807) is 7.05 Å². The van der Waals surface area contributed by atoms with Crippen LogP contribution in [0.25, 0.3) is 0 Å². The number of carboxylic acids is 1. The molecule has 1 aliphatic heterocycles. The summed E-state index contributed by atoms with van der Waals surface area (Å²) in [6.45, 7) is 4.23. The van der Waals surface area contributed by atoms with Gasteiger partial charge in [0.15, 0.2) is 0 Å². The smallest absolute Gasteiger partial charge is 0.317 e. The summed E-state index contributed by atoms with van der Waals surface area (Å²) in [5.41, 5.74) is 0. The Kier molecular flexibility index (Phi) is 5.93. The Morgan fingerprint density at radius 2 is 1.82 bits per heavy atom. The van der Waals surface area contributed by atoms with Crippen LogP contribution in [0.15, 0.2) is 0 Å². The third-order valence-corrected chi connectivity index (χ3v) is 2.97. The predicted octanol–water partition coefficient (Wildman–Crippen LogP) is -0.785. The van der Waals surface area contributed by atoms with Crippen LogP contribution in [0.3, 0.4) is 0 Å². The minimum atomic E-state index is -0.774. The van der Waals surface area contributed by atoms with Gasteiger partial charge >= 0.3 is 5.97 Å². The van der Waals surface area contributed by atoms with Crippen molar-refractivity contribution < 1.29 is 14.7 Å². The lowest BCUT2D eigenvalue weighted by Crippen LogP contribution is -2.35. The second-order valence-electron chi connectivity index (χ2n) is 4.29. The van der Waals surface area contributed by atoms with Gasteiger partial charge in [-0.15, -0.1) is 0 Å². The molecule has 1 fully saturated rings. The molecule has 0 atom stereocenters. The molecule has 17 heavy (non-hydrogen) atoms. The number of rotatable bonds is 5. The van der Waals surface area contributed by atoms with E-state index in [0.29, 0.717) is 6.42 Å². The second-order valence-corrected chi connectivity index (χ2v) is 4.29. The highest BCUT2D eigenvalue weighted by molar-refractivity contribution is 5.75. The zero-order chi connectivity index (χ0) is 12.7. The molecule has 0 aromatic rings. The number of carboxylic acid groups (broad SMARTS) is 1. The maximum absolute atomic E-state index is 11.1. The lowest BCUT2D eigenvalue weighted by Gasteiger charge is -2.20. The Labute approximate surface area is 102 Å². The zero-order valence-corrected chi connectivity index (χ0v) is 10.3. The minimum Gasteiger partial charge on any atom is -0.480 e. The van der Waals surface area contributed by atoms with Gasteiger partial charge in [0.05, 0.1) is 6.54 Å². The summed E-state index contributed by atoms with van der Waals surface area (Å²) >= 11 is 0. The van der Waals surface area contributed by atoms with Crippen molar-refractivity contribution in [2.24, 2.45) is 0 Å². The normalized spacial score (nSPS) is 18.6. The van der Waals surface area contributed by atoms with Crippen molar-refractivity contribution in [2.45, 2.75) is 12.8 Å². The SMILES string of the molecule is CNC(=O)CCN1CCCN(CC(=O)O)CC1. The molecule has 0 aromatic heterocycles. The highest BCUT2D eigenvalue weighted by atomic mass is 16.4. The zero-order valence-electron chi connectivity index (χ0n) is 10.3. The molecule has 0 saturated carbocycles. The van der Waals surface area contributed by atoms with E-state index >= 15 is 0 Å². The van der Waals surface area contributed by atoms with Crippen LogP contribution in [0.1, 0.15) is 12.8 Å². The van der Waals surface area contributed by atoms with Crippen molar-refractivity contribution in [1.29, 1.82) is 0 Å². The molecular weight excluding hydrogens is 222 g/mol. The van der Waals surface area contributed by atoms with E-state index < -0.39 is 5.97 Å². The molecule has 0 spiro atoms. The molecule has 0 aromatic carbocycles. The van der Waals surface area contributed by atoms with E-state index in [0.717, 1.165) is 39.1 Å². The molecule has 0 unspecified atom stereocenters. The standard InChI is InChI=1S/C11H21N3O3/c1-12-10(15)3-6-13-4-2-5-14(8-7-13)9-11(16)17/h2-9H2,1H3,(H,12,15)(H,16,17). The summed E-state index contributed by atoms with van der Waals surface area (Å²) in [7, 11) is 1.64. The van der Waals surface area contributed by atoms with Gasteiger partial charge in [-0.2, -0.15) is 0 Å². The summed E-state index contributed by atoms with van der Waals surface area (Å²) < 4.78 is 0. The summed E-state index contributed by atoms with van der Waals surface area (Å²) in [6, 6.07) is 0. The van der Waals surface area contributed by atoms with Crippen LogP contribution in [-0.2, 0) is 9.59 Å². The monoisotopic (exact) mass is 243 g/mol. The summed E-state index contributed by atoms with van der Waals surface area (Å²) in [4.78, 5) is 25.9. The van der Waals surface area contributed by atoms with E-state index in [2.05, 4.69) is 10.2 Å². The first-order valence-electron chi connectivity index (χ1n) is 5.99. The molecule has 2 N–H and O–H groups in total. The third kappa shape index (κ3) is 5.65. The molecule has 0 aliphatic carbocycles. The van der Waals surface area contributed by atoms with Gasteiger partial charge in [0, 0.05) is 39.6 Å². The molecule has 1 rings (SSSR count). The van der Waals surface area contributed by atoms with Gasteiger partial charge in [-0.25, -0.2) is 0 Å². The number of hydrogen-bond acceptors (Lipinski definition) is 4. The molecular formula is C11H21N3O3. The van der Waals surface area contributed by atoms with E-state index in [-0.39, 0.29) is 12.5 Å². The van der Waals surface area contributed by atoms with Crippen LogP contribution < -0.4 is 5.32 Å². The third-order valence-electron chi connectivity index (χ3n) is 2.97. The molecule has 0 bridgehead atoms. The van der Waals surface area contributed by atoms with Crippen molar-refractivity contribution in [2.75, 3.05) is 46.3 Å². The number of nitrogens with zero attached hydrogens (tertiary/aromatic N) is 2. The molecule has 6 nitrogen and oxygen atoms in total. The Balaban J connectivity index is 2.27. The van der Waals surface area contributed by atoms with Crippen molar-refractivity contribution in [3.05, 3.63) is 0 Å². The number of carbonyl (C=O) groups excluding carboxylic acids is 1. The predicted molar refractivity (Wildman–Crippen MR) is 63.8 cm³/mol. The molecule has 1 amide bonds. The van der Waals surface area contributed by atoms with Crippen molar-refractivity contribution in [3.8, 4) is 0 Å². The van der Waals surface area contributed by atoms with Crippen LogP contribution in [0.2, 0.25) is 0 Å². The molecule has 98 valence electrons. The maximum atomic E-state index is 11.1. The van der Waals surface area contributed by atoms with Crippen molar-refractivity contribution in [1.82, 2.24) is 15.1 Å². The quantitative estimate of drug-likeness (QED) is 0.662. The Morgan fingerprint density at radius 1 is 1.18 bits per heavy atom. The largest absolute Gasteiger partial charge is 0.480 e. The number of carbonyl (C=O) groups is 2. The first-order valence-corrected chi connectivity index (χ1v) is 5.99. The van der Waals surface area contributed by atoms with Crippen molar-refractivity contribution >= 4 is 11.9 Å². The van der Waals surface area contributed by atoms with Gasteiger partial charge in [0.2, 0.25) is 5.91 Å². The van der Waals surface area contributed by atoms with Gasteiger partial charge < -0.3 is 15.3 Å². The van der Waals surface area contributed by atoms with Crippen LogP contribution in [0, 0.1) is 0 Å². The molecule has 6 heteroatoms. The summed E-state index contributed by atoms with van der Waals surface area (Å²) in [6.07, 6.45) is 1.47. The average molecular weight is 243 g/mol. The fourth-order valence-corrected chi connectivity index (χ4v) is 1.98. The number of nitrogens with one attached hydrogen (secondary N) is 1. The van der Waals surface area contributed by atoms with Crippen LogP contribution in [0.4, 0.5) is 0 Å². The summed E-state index contributed by atoms with van der Waals surface area (Å²) in [5.74, 6) is -0.722. The van der Waals surface area contributed by atoms with Crippen molar-refractivity contribution in [3.63, 3.8) is 0 Å². The van der Waals surface area contributed by atoms with E-state index in [1.807, 2.05) is 4.90 Å². The van der Waals surface area contributed by atoms with Gasteiger partial charge in [0.25, 0.3) is 0 Å². The average Bonchev–Trinajstić information content (AvgIpc) is 2.51. The first kappa shape index (κ1) is 13.9.